The molecule has 0 radical (unpaired) electrons. The third-order valence-corrected chi connectivity index (χ3v) is 2.22. The molecule has 17 heavy (non-hydrogen) atoms. The predicted octanol–water partition coefficient (Wildman–Crippen LogP) is 2.99. The van der Waals surface area contributed by atoms with Gasteiger partial charge in [-0.25, -0.2) is 0 Å². The van der Waals surface area contributed by atoms with Gasteiger partial charge in [0.05, 0.1) is 6.10 Å². The molecule has 0 amide bonds. The maximum absolute atomic E-state index is 5.38. The smallest absolute Gasteiger partial charge is 0.147 e. The number of benzene rings is 1. The van der Waals surface area contributed by atoms with Gasteiger partial charge in [0.1, 0.15) is 6.79 Å². The van der Waals surface area contributed by atoms with E-state index in [9.17, 15) is 0 Å². The van der Waals surface area contributed by atoms with Crippen molar-refractivity contribution in [1.29, 1.82) is 0 Å². The summed E-state index contributed by atoms with van der Waals surface area (Å²) >= 11 is 0. The Morgan fingerprint density at radius 3 is 2.76 bits per heavy atom. The van der Waals surface area contributed by atoms with Crippen LogP contribution in [-0.2, 0) is 9.47 Å². The molecule has 0 spiro atoms. The van der Waals surface area contributed by atoms with E-state index in [0.29, 0.717) is 6.79 Å². The molecule has 2 heteroatoms. The minimum atomic E-state index is 0.0139. The Kier molecular flexibility index (Phi) is 6.81. The molecule has 0 aromatic heterocycles. The van der Waals surface area contributed by atoms with E-state index in [1.807, 2.05) is 30.3 Å². The molecule has 0 aliphatic rings. The zero-order valence-corrected chi connectivity index (χ0v) is 10.2. The van der Waals surface area contributed by atoms with E-state index in [4.69, 9.17) is 9.47 Å². The van der Waals surface area contributed by atoms with Crippen LogP contribution < -0.4 is 0 Å². The number of hydrogen-bond donors (Lipinski definition) is 0. The summed E-state index contributed by atoms with van der Waals surface area (Å²) in [6.45, 7) is 4.02. The monoisotopic (exact) mass is 230 g/mol. The molecule has 0 N–H and O–H groups in total. The molecule has 1 rings (SSSR count). The molecule has 1 atom stereocenters. The summed E-state index contributed by atoms with van der Waals surface area (Å²) in [6, 6.07) is 9.95. The van der Waals surface area contributed by atoms with E-state index in [2.05, 4.69) is 18.4 Å². The van der Waals surface area contributed by atoms with Crippen LogP contribution in [-0.4, -0.2) is 20.0 Å². The molecule has 0 unspecified atom stereocenters. The molecular weight excluding hydrogens is 212 g/mol. The Labute approximate surface area is 103 Å². The van der Waals surface area contributed by atoms with E-state index in [1.165, 1.54) is 0 Å². The summed E-state index contributed by atoms with van der Waals surface area (Å²) < 4.78 is 10.2. The van der Waals surface area contributed by atoms with Gasteiger partial charge in [0.2, 0.25) is 0 Å². The number of rotatable bonds is 6. The van der Waals surface area contributed by atoms with Crippen LogP contribution in [0.1, 0.15) is 18.4 Å². The highest BCUT2D eigenvalue weighted by atomic mass is 16.7. The van der Waals surface area contributed by atoms with Gasteiger partial charge < -0.3 is 9.47 Å². The minimum Gasteiger partial charge on any atom is -0.359 e. The van der Waals surface area contributed by atoms with Gasteiger partial charge in [-0.3, -0.25) is 0 Å². The summed E-state index contributed by atoms with van der Waals surface area (Å²) in [5.74, 6) is 6.23. The Hall–Kier alpha value is -1.56. The fraction of sp³-hybridized carbons (Fsp3) is 0.333. The quantitative estimate of drug-likeness (QED) is 0.425. The van der Waals surface area contributed by atoms with Gasteiger partial charge in [0.15, 0.2) is 0 Å². The van der Waals surface area contributed by atoms with Crippen LogP contribution in [0.15, 0.2) is 43.0 Å². The number of ether oxygens (including phenoxy) is 2. The Morgan fingerprint density at radius 2 is 2.12 bits per heavy atom. The topological polar surface area (TPSA) is 18.5 Å². The summed E-state index contributed by atoms with van der Waals surface area (Å²) in [6.07, 6.45) is 3.42. The highest BCUT2D eigenvalue weighted by Gasteiger charge is 2.01. The molecule has 0 saturated carbocycles. The lowest BCUT2D eigenvalue weighted by molar-refractivity contribution is -0.0569. The normalized spacial score (nSPS) is 11.4. The molecule has 2 nitrogen and oxygen atoms in total. The summed E-state index contributed by atoms with van der Waals surface area (Å²) in [5, 5.41) is 0. The maximum atomic E-state index is 5.38. The van der Waals surface area contributed by atoms with Crippen molar-refractivity contribution in [2.24, 2.45) is 0 Å². The van der Waals surface area contributed by atoms with Gasteiger partial charge in [0.25, 0.3) is 0 Å². The second-order valence-corrected chi connectivity index (χ2v) is 3.55. The van der Waals surface area contributed by atoms with E-state index < -0.39 is 0 Å². The zero-order chi connectivity index (χ0) is 12.3. The minimum absolute atomic E-state index is 0.0139. The van der Waals surface area contributed by atoms with Crippen LogP contribution in [0.2, 0.25) is 0 Å². The Balaban J connectivity index is 2.31. The van der Waals surface area contributed by atoms with Crippen molar-refractivity contribution >= 4 is 0 Å². The van der Waals surface area contributed by atoms with Crippen LogP contribution >= 0.6 is 0 Å². The third-order valence-electron chi connectivity index (χ3n) is 2.22. The van der Waals surface area contributed by atoms with Gasteiger partial charge in [0, 0.05) is 19.1 Å². The molecule has 0 aliphatic heterocycles. The second-order valence-electron chi connectivity index (χ2n) is 3.55. The molecular formula is C15H18O2. The van der Waals surface area contributed by atoms with Gasteiger partial charge in [-0.15, -0.1) is 6.58 Å². The molecule has 0 aliphatic carbocycles. The van der Waals surface area contributed by atoms with Crippen LogP contribution in [0, 0.1) is 11.8 Å². The Morgan fingerprint density at radius 1 is 1.35 bits per heavy atom. The van der Waals surface area contributed by atoms with Crippen molar-refractivity contribution in [3.05, 3.63) is 48.6 Å². The highest BCUT2D eigenvalue weighted by molar-refractivity contribution is 5.33. The van der Waals surface area contributed by atoms with Crippen molar-refractivity contribution in [2.75, 3.05) is 13.9 Å². The largest absolute Gasteiger partial charge is 0.359 e. The maximum Gasteiger partial charge on any atom is 0.147 e. The fourth-order valence-electron chi connectivity index (χ4n) is 1.33. The van der Waals surface area contributed by atoms with Crippen molar-refractivity contribution in [3.8, 4) is 11.8 Å². The second kappa shape index (κ2) is 8.58. The van der Waals surface area contributed by atoms with Crippen LogP contribution in [0.4, 0.5) is 0 Å². The average molecular weight is 230 g/mol. The first-order valence-corrected chi connectivity index (χ1v) is 5.64. The lowest BCUT2D eigenvalue weighted by Gasteiger charge is -2.10. The lowest BCUT2D eigenvalue weighted by Crippen LogP contribution is -2.11. The van der Waals surface area contributed by atoms with Crippen LogP contribution in [0.3, 0.4) is 0 Å². The van der Waals surface area contributed by atoms with Crippen LogP contribution in [0.25, 0.3) is 0 Å². The predicted molar refractivity (Wildman–Crippen MR) is 69.5 cm³/mol. The van der Waals surface area contributed by atoms with Crippen molar-refractivity contribution in [3.63, 3.8) is 0 Å². The first kappa shape index (κ1) is 13.5. The van der Waals surface area contributed by atoms with Crippen molar-refractivity contribution in [2.45, 2.75) is 18.9 Å². The van der Waals surface area contributed by atoms with Crippen LogP contribution in [0.5, 0.6) is 0 Å². The molecule has 0 saturated heterocycles. The standard InChI is InChI=1S/C15H18O2/c1-3-15(17-13-16-2)12-8-7-11-14-9-5-4-6-10-14/h3-6,9-10,15H,1,8,12-13H2,2H3/t15-/m1/s1. The van der Waals surface area contributed by atoms with Gasteiger partial charge >= 0.3 is 0 Å². The zero-order valence-electron chi connectivity index (χ0n) is 10.2. The molecule has 90 valence electrons. The van der Waals surface area contributed by atoms with Gasteiger partial charge in [-0.05, 0) is 18.6 Å². The van der Waals surface area contributed by atoms with Crippen molar-refractivity contribution in [1.82, 2.24) is 0 Å². The van der Waals surface area contributed by atoms with Crippen molar-refractivity contribution < 1.29 is 9.47 Å². The first-order valence-electron chi connectivity index (χ1n) is 5.64. The molecule has 0 bridgehead atoms. The van der Waals surface area contributed by atoms with Gasteiger partial charge in [-0.2, -0.15) is 0 Å². The summed E-state index contributed by atoms with van der Waals surface area (Å²) in [4.78, 5) is 0. The Bertz CT molecular complexity index is 373. The van der Waals surface area contributed by atoms with E-state index in [1.54, 1.807) is 13.2 Å². The summed E-state index contributed by atoms with van der Waals surface area (Å²) in [5.41, 5.74) is 1.04. The number of methoxy groups -OCH3 is 1. The highest BCUT2D eigenvalue weighted by Crippen LogP contribution is 2.03. The average Bonchev–Trinajstić information content (AvgIpc) is 2.39. The molecule has 1 aromatic rings. The van der Waals surface area contributed by atoms with Gasteiger partial charge in [-0.1, -0.05) is 36.1 Å². The lowest BCUT2D eigenvalue weighted by atomic mass is 10.2. The molecule has 0 heterocycles. The number of hydrogen-bond acceptors (Lipinski definition) is 2. The van der Waals surface area contributed by atoms with E-state index >= 15 is 0 Å². The summed E-state index contributed by atoms with van der Waals surface area (Å²) in [7, 11) is 1.61. The van der Waals surface area contributed by atoms with E-state index in [-0.39, 0.29) is 6.10 Å². The third kappa shape index (κ3) is 5.91. The fourth-order valence-corrected chi connectivity index (χ4v) is 1.33. The SMILES string of the molecule is C=C[C@H](CCC#Cc1ccccc1)OCOC. The first-order chi connectivity index (χ1) is 8.36. The molecule has 0 fully saturated rings. The molecule has 1 aromatic carbocycles. The van der Waals surface area contributed by atoms with E-state index in [0.717, 1.165) is 18.4 Å².